The monoisotopic (exact) mass is 553 g/mol. The molecule has 0 unspecified atom stereocenters. The molecule has 40 heavy (non-hydrogen) atoms. The van der Waals surface area contributed by atoms with Crippen molar-refractivity contribution in [3.63, 3.8) is 0 Å². The Hall–Kier alpha value is -3.18. The predicted octanol–water partition coefficient (Wildman–Crippen LogP) is 5.88. The Morgan fingerprint density at radius 1 is 0.775 bits per heavy atom. The van der Waals surface area contributed by atoms with E-state index in [0.29, 0.717) is 18.0 Å². The van der Waals surface area contributed by atoms with E-state index >= 15 is 0 Å². The minimum absolute atomic E-state index is 0.346. The number of hydrogen-bond acceptors (Lipinski definition) is 8. The summed E-state index contributed by atoms with van der Waals surface area (Å²) in [6.45, 7) is 15.2. The first kappa shape index (κ1) is 28.4. The Morgan fingerprint density at radius 2 is 1.23 bits per heavy atom. The van der Waals surface area contributed by atoms with E-state index in [1.165, 1.54) is 0 Å². The molecule has 3 fully saturated rings. The van der Waals surface area contributed by atoms with Gasteiger partial charge in [0, 0.05) is 11.1 Å². The fraction of sp³-hybridized carbons (Fsp3) is 0.533. The lowest BCUT2D eigenvalue weighted by atomic mass is 9.92. The second-order valence-corrected chi connectivity index (χ2v) is 12.7. The first-order chi connectivity index (χ1) is 18.6. The molecule has 3 heterocycles. The van der Waals surface area contributed by atoms with Crippen molar-refractivity contribution in [2.45, 2.75) is 96.5 Å². The van der Waals surface area contributed by atoms with E-state index in [2.05, 4.69) is 15.5 Å². The molecule has 2 aromatic rings. The van der Waals surface area contributed by atoms with Gasteiger partial charge in [-0.15, -0.1) is 0 Å². The Balaban J connectivity index is 1.47. The van der Waals surface area contributed by atoms with Gasteiger partial charge in [-0.3, -0.25) is 10.6 Å². The largest absolute Gasteiger partial charge is 0.444 e. The van der Waals surface area contributed by atoms with E-state index in [4.69, 9.17) is 23.7 Å². The maximum atomic E-state index is 12.7. The lowest BCUT2D eigenvalue weighted by molar-refractivity contribution is -0.137. The minimum atomic E-state index is -0.955. The van der Waals surface area contributed by atoms with Gasteiger partial charge in [0.05, 0.1) is 18.0 Å². The summed E-state index contributed by atoms with van der Waals surface area (Å²) < 4.78 is 30.7. The van der Waals surface area contributed by atoms with Crippen LogP contribution >= 0.6 is 0 Å². The van der Waals surface area contributed by atoms with Gasteiger partial charge in [0.1, 0.15) is 41.1 Å². The first-order valence-electron chi connectivity index (χ1n) is 13.5. The molecule has 0 aromatic heterocycles. The molecule has 0 radical (unpaired) electrons. The standard InChI is InChI=1S/C30H39N3O7/c1-27(2,3)39-25(34)31-20-15-11-9-13-18(20)29(7)23-33-22(17-36-23)37-30(8,24(33)38-29)19-14-10-12-16-21(19)32-26(35)40-28(4,5)6/h9-16,22-24H,17H2,1-8H3,(H,31,34)(H,32,35)/t22-,23-,24-,29+,30+/m0/s1. The molecule has 3 aliphatic heterocycles. The summed E-state index contributed by atoms with van der Waals surface area (Å²) in [4.78, 5) is 27.4. The highest BCUT2D eigenvalue weighted by molar-refractivity contribution is 5.87. The molecular formula is C30H39N3O7. The van der Waals surface area contributed by atoms with Gasteiger partial charge in [0.25, 0.3) is 0 Å². The topological polar surface area (TPSA) is 108 Å². The van der Waals surface area contributed by atoms with Crippen LogP contribution in [0.25, 0.3) is 0 Å². The lowest BCUT2D eigenvalue weighted by Gasteiger charge is -2.34. The van der Waals surface area contributed by atoms with E-state index in [1.807, 2.05) is 104 Å². The average Bonchev–Trinajstić information content (AvgIpc) is 3.45. The van der Waals surface area contributed by atoms with Crippen molar-refractivity contribution in [3.8, 4) is 0 Å². The molecule has 2 N–H and O–H groups in total. The number of para-hydroxylation sites is 2. The number of ether oxygens (including phenoxy) is 5. The van der Waals surface area contributed by atoms with Crippen LogP contribution in [0.5, 0.6) is 0 Å². The zero-order valence-corrected chi connectivity index (χ0v) is 24.4. The molecule has 5 rings (SSSR count). The maximum absolute atomic E-state index is 12.7. The number of anilines is 2. The average molecular weight is 554 g/mol. The molecule has 5 atom stereocenters. The van der Waals surface area contributed by atoms with Crippen molar-refractivity contribution >= 4 is 23.6 Å². The van der Waals surface area contributed by atoms with E-state index in [0.717, 1.165) is 11.1 Å². The Kier molecular flexibility index (Phi) is 6.89. The highest BCUT2D eigenvalue weighted by Crippen LogP contribution is 2.57. The summed E-state index contributed by atoms with van der Waals surface area (Å²) in [7, 11) is 0. The number of rotatable bonds is 4. The SMILES string of the molecule is CC(C)(C)OC(=O)Nc1ccccc1[C@@]1(C)O[C@H]2CO[C@@H]3N2[C@H]1O[C@]3(C)c1ccccc1NC(=O)OC(C)(C)C. The number of benzene rings is 2. The molecule has 10 heteroatoms. The van der Waals surface area contributed by atoms with Crippen LogP contribution in [0, 0.1) is 0 Å². The van der Waals surface area contributed by atoms with Gasteiger partial charge in [-0.25, -0.2) is 14.5 Å². The van der Waals surface area contributed by atoms with Crippen LogP contribution in [0.1, 0.15) is 66.5 Å². The normalized spacial score (nSPS) is 29.6. The molecule has 10 nitrogen and oxygen atoms in total. The lowest BCUT2D eigenvalue weighted by Crippen LogP contribution is -2.41. The molecule has 2 amide bonds. The van der Waals surface area contributed by atoms with Gasteiger partial charge in [-0.2, -0.15) is 0 Å². The number of nitrogens with one attached hydrogen (secondary N) is 2. The summed E-state index contributed by atoms with van der Waals surface area (Å²) in [6.07, 6.45) is -2.49. The molecule has 0 aliphatic carbocycles. The molecule has 0 saturated carbocycles. The van der Waals surface area contributed by atoms with Gasteiger partial charge in [0.2, 0.25) is 0 Å². The first-order valence-corrected chi connectivity index (χ1v) is 13.5. The molecule has 2 aromatic carbocycles. The second-order valence-electron chi connectivity index (χ2n) is 12.7. The van der Waals surface area contributed by atoms with Crippen molar-refractivity contribution in [1.29, 1.82) is 0 Å². The third kappa shape index (κ3) is 5.16. The summed E-state index contributed by atoms with van der Waals surface area (Å²) in [5.74, 6) is 0. The summed E-state index contributed by atoms with van der Waals surface area (Å²) in [6, 6.07) is 15.0. The van der Waals surface area contributed by atoms with Gasteiger partial charge in [-0.1, -0.05) is 36.4 Å². The fourth-order valence-corrected chi connectivity index (χ4v) is 5.67. The van der Waals surface area contributed by atoms with Crippen molar-refractivity contribution in [1.82, 2.24) is 4.90 Å². The minimum Gasteiger partial charge on any atom is -0.444 e. The van der Waals surface area contributed by atoms with Gasteiger partial charge < -0.3 is 23.7 Å². The van der Waals surface area contributed by atoms with Gasteiger partial charge in [0.15, 0.2) is 0 Å². The molecular weight excluding hydrogens is 514 g/mol. The van der Waals surface area contributed by atoms with Crippen molar-refractivity contribution in [3.05, 3.63) is 59.7 Å². The van der Waals surface area contributed by atoms with Gasteiger partial charge in [-0.05, 0) is 67.5 Å². The predicted molar refractivity (Wildman–Crippen MR) is 149 cm³/mol. The van der Waals surface area contributed by atoms with E-state index in [1.54, 1.807) is 0 Å². The van der Waals surface area contributed by atoms with Crippen LogP contribution in [-0.2, 0) is 34.9 Å². The van der Waals surface area contributed by atoms with Crippen LogP contribution < -0.4 is 10.6 Å². The molecule has 0 bridgehead atoms. The highest BCUT2D eigenvalue weighted by atomic mass is 16.7. The zero-order chi connectivity index (χ0) is 29.1. The highest BCUT2D eigenvalue weighted by Gasteiger charge is 2.69. The summed E-state index contributed by atoms with van der Waals surface area (Å²) in [5, 5.41) is 5.77. The number of amides is 2. The van der Waals surface area contributed by atoms with Crippen LogP contribution in [0.3, 0.4) is 0 Å². The quantitative estimate of drug-likeness (QED) is 0.483. The fourth-order valence-electron chi connectivity index (χ4n) is 5.67. The van der Waals surface area contributed by atoms with Crippen LogP contribution in [0.2, 0.25) is 0 Å². The molecule has 3 aliphatic rings. The zero-order valence-electron chi connectivity index (χ0n) is 24.4. The third-order valence-corrected chi connectivity index (χ3v) is 7.15. The van der Waals surface area contributed by atoms with Crippen LogP contribution in [0.15, 0.2) is 48.5 Å². The van der Waals surface area contributed by atoms with E-state index in [-0.39, 0.29) is 6.23 Å². The van der Waals surface area contributed by atoms with Gasteiger partial charge >= 0.3 is 12.2 Å². The number of nitrogens with zero attached hydrogens (tertiary/aromatic N) is 1. The van der Waals surface area contributed by atoms with Crippen molar-refractivity contribution in [2.24, 2.45) is 0 Å². The Bertz CT molecular complexity index is 1230. The van der Waals surface area contributed by atoms with Crippen molar-refractivity contribution < 1.29 is 33.3 Å². The van der Waals surface area contributed by atoms with E-state index in [9.17, 15) is 9.59 Å². The number of carbonyl (C=O) groups excluding carboxylic acids is 2. The maximum Gasteiger partial charge on any atom is 0.412 e. The Labute approximate surface area is 235 Å². The van der Waals surface area contributed by atoms with E-state index < -0.39 is 47.0 Å². The Morgan fingerprint density at radius 3 is 1.70 bits per heavy atom. The number of hydrogen-bond donors (Lipinski definition) is 2. The van der Waals surface area contributed by atoms with Crippen molar-refractivity contribution in [2.75, 3.05) is 17.2 Å². The van der Waals surface area contributed by atoms with Crippen LogP contribution in [0.4, 0.5) is 21.0 Å². The second kappa shape index (κ2) is 9.73. The number of carbonyl (C=O) groups is 2. The molecule has 0 spiro atoms. The third-order valence-electron chi connectivity index (χ3n) is 7.15. The molecule has 3 saturated heterocycles. The van der Waals surface area contributed by atoms with Crippen LogP contribution in [-0.4, -0.2) is 53.6 Å². The summed E-state index contributed by atoms with van der Waals surface area (Å²) >= 11 is 0. The summed E-state index contributed by atoms with van der Waals surface area (Å²) in [5.41, 5.74) is -0.544. The smallest absolute Gasteiger partial charge is 0.412 e. The molecule has 216 valence electrons.